The molecule has 0 saturated carbocycles. The second kappa shape index (κ2) is 7.59. The van der Waals surface area contributed by atoms with Crippen LogP contribution in [0.25, 0.3) is 0 Å². The maximum absolute atomic E-state index is 8.88. The molecular weight excluding hydrogens is 316 g/mol. The molecule has 1 aromatic heterocycles. The van der Waals surface area contributed by atoms with Crippen molar-refractivity contribution in [2.24, 2.45) is 0 Å². The maximum atomic E-state index is 8.88. The Morgan fingerprint density at radius 2 is 2.13 bits per heavy atom. The highest BCUT2D eigenvalue weighted by Gasteiger charge is 2.23. The van der Waals surface area contributed by atoms with E-state index in [-0.39, 0.29) is 12.7 Å². The number of hydrogen-bond acceptors (Lipinski definition) is 6. The highest BCUT2D eigenvalue weighted by molar-refractivity contribution is 6.30. The first-order valence-corrected chi connectivity index (χ1v) is 7.93. The Morgan fingerprint density at radius 3 is 2.91 bits per heavy atom. The highest BCUT2D eigenvalue weighted by Crippen LogP contribution is 2.26. The van der Waals surface area contributed by atoms with Gasteiger partial charge in [-0.3, -0.25) is 0 Å². The first-order valence-electron chi connectivity index (χ1n) is 7.55. The number of anilines is 2. The van der Waals surface area contributed by atoms with Crippen LogP contribution < -0.4 is 10.2 Å². The summed E-state index contributed by atoms with van der Waals surface area (Å²) < 4.78 is 5.87. The molecule has 0 aliphatic carbocycles. The summed E-state index contributed by atoms with van der Waals surface area (Å²) in [6.07, 6.45) is 1.52. The molecule has 122 valence electrons. The molecule has 1 aliphatic heterocycles. The van der Waals surface area contributed by atoms with Gasteiger partial charge in [0.25, 0.3) is 0 Å². The van der Waals surface area contributed by atoms with Crippen LogP contribution in [0.5, 0.6) is 0 Å². The lowest BCUT2D eigenvalue weighted by atomic mass is 10.1. The first kappa shape index (κ1) is 16.0. The van der Waals surface area contributed by atoms with E-state index in [0.717, 1.165) is 29.5 Å². The van der Waals surface area contributed by atoms with E-state index in [2.05, 4.69) is 20.2 Å². The molecule has 0 radical (unpaired) electrons. The van der Waals surface area contributed by atoms with Gasteiger partial charge in [0.05, 0.1) is 13.2 Å². The standard InChI is InChI=1S/C16H19ClN4O2/c17-13-3-1-12(2-4-13)14-10-21(6-8-23-14)16-9-15(18-5-7-22)19-11-20-16/h1-4,9,11,14,22H,5-8,10H2,(H,18,19,20)/t14-/m0/s1. The Kier molecular flexibility index (Phi) is 5.27. The van der Waals surface area contributed by atoms with Gasteiger partial charge in [-0.05, 0) is 17.7 Å². The second-order valence-electron chi connectivity index (χ2n) is 5.27. The summed E-state index contributed by atoms with van der Waals surface area (Å²) >= 11 is 5.94. The van der Waals surface area contributed by atoms with Gasteiger partial charge in [-0.25, -0.2) is 9.97 Å². The molecule has 0 amide bonds. The number of ether oxygens (including phenoxy) is 1. The van der Waals surface area contributed by atoms with Gasteiger partial charge < -0.3 is 20.1 Å². The molecule has 2 aromatic rings. The largest absolute Gasteiger partial charge is 0.395 e. The van der Waals surface area contributed by atoms with Crippen LogP contribution in [-0.4, -0.2) is 47.9 Å². The Morgan fingerprint density at radius 1 is 1.30 bits per heavy atom. The van der Waals surface area contributed by atoms with E-state index >= 15 is 0 Å². The smallest absolute Gasteiger partial charge is 0.134 e. The summed E-state index contributed by atoms with van der Waals surface area (Å²) in [6.45, 7) is 2.66. The predicted octanol–water partition coefficient (Wildman–Crippen LogP) is 2.11. The molecule has 1 atom stereocenters. The van der Waals surface area contributed by atoms with Crippen molar-refractivity contribution in [2.75, 3.05) is 43.1 Å². The Labute approximate surface area is 140 Å². The molecule has 7 heteroatoms. The predicted molar refractivity (Wildman–Crippen MR) is 90.0 cm³/mol. The fraction of sp³-hybridized carbons (Fsp3) is 0.375. The van der Waals surface area contributed by atoms with E-state index in [1.54, 1.807) is 0 Å². The number of rotatable bonds is 5. The van der Waals surface area contributed by atoms with Crippen molar-refractivity contribution < 1.29 is 9.84 Å². The van der Waals surface area contributed by atoms with E-state index in [0.29, 0.717) is 19.0 Å². The summed E-state index contributed by atoms with van der Waals surface area (Å²) in [5.41, 5.74) is 1.10. The number of hydrogen-bond donors (Lipinski definition) is 2. The monoisotopic (exact) mass is 334 g/mol. The molecule has 2 heterocycles. The van der Waals surface area contributed by atoms with Crippen molar-refractivity contribution in [1.82, 2.24) is 9.97 Å². The molecule has 1 fully saturated rings. The van der Waals surface area contributed by atoms with Crippen LogP contribution in [0.1, 0.15) is 11.7 Å². The van der Waals surface area contributed by atoms with E-state index in [1.165, 1.54) is 6.33 Å². The first-order chi connectivity index (χ1) is 11.3. The lowest BCUT2D eigenvalue weighted by Crippen LogP contribution is -2.38. The van der Waals surface area contributed by atoms with Crippen molar-refractivity contribution in [2.45, 2.75) is 6.10 Å². The van der Waals surface area contributed by atoms with Crippen molar-refractivity contribution in [1.29, 1.82) is 0 Å². The van der Waals surface area contributed by atoms with E-state index in [4.69, 9.17) is 21.4 Å². The molecule has 23 heavy (non-hydrogen) atoms. The molecule has 0 bridgehead atoms. The summed E-state index contributed by atoms with van der Waals surface area (Å²) in [4.78, 5) is 10.7. The number of benzene rings is 1. The zero-order chi connectivity index (χ0) is 16.1. The average molecular weight is 335 g/mol. The van der Waals surface area contributed by atoms with Crippen LogP contribution in [0.3, 0.4) is 0 Å². The number of morpholine rings is 1. The number of aliphatic hydroxyl groups excluding tert-OH is 1. The minimum Gasteiger partial charge on any atom is -0.395 e. The van der Waals surface area contributed by atoms with Crippen molar-refractivity contribution in [3.8, 4) is 0 Å². The fourth-order valence-corrected chi connectivity index (χ4v) is 2.66. The third kappa shape index (κ3) is 4.10. The lowest BCUT2D eigenvalue weighted by molar-refractivity contribution is 0.0395. The van der Waals surface area contributed by atoms with Crippen LogP contribution in [0.4, 0.5) is 11.6 Å². The van der Waals surface area contributed by atoms with Crippen LogP contribution in [0.15, 0.2) is 36.7 Å². The summed E-state index contributed by atoms with van der Waals surface area (Å²) in [6, 6.07) is 9.62. The average Bonchev–Trinajstić information content (AvgIpc) is 2.61. The zero-order valence-corrected chi connectivity index (χ0v) is 13.4. The SMILES string of the molecule is OCCNc1cc(N2CCO[C@H](c3ccc(Cl)cc3)C2)ncn1. The van der Waals surface area contributed by atoms with Crippen molar-refractivity contribution in [3.63, 3.8) is 0 Å². The van der Waals surface area contributed by atoms with Gasteiger partial charge in [0.1, 0.15) is 24.1 Å². The van der Waals surface area contributed by atoms with Crippen LogP contribution in [0.2, 0.25) is 5.02 Å². The van der Waals surface area contributed by atoms with Gasteiger partial charge in [-0.2, -0.15) is 0 Å². The molecule has 1 aromatic carbocycles. The molecular formula is C16H19ClN4O2. The lowest BCUT2D eigenvalue weighted by Gasteiger charge is -2.34. The zero-order valence-electron chi connectivity index (χ0n) is 12.7. The number of aromatic nitrogens is 2. The Bertz CT molecular complexity index is 638. The van der Waals surface area contributed by atoms with Gasteiger partial charge in [0.2, 0.25) is 0 Å². The van der Waals surface area contributed by atoms with Gasteiger partial charge in [-0.15, -0.1) is 0 Å². The molecule has 3 rings (SSSR count). The normalized spacial score (nSPS) is 18.0. The van der Waals surface area contributed by atoms with Crippen LogP contribution in [0, 0.1) is 0 Å². The second-order valence-corrected chi connectivity index (χ2v) is 5.71. The molecule has 1 aliphatic rings. The summed E-state index contributed by atoms with van der Waals surface area (Å²) in [7, 11) is 0. The molecule has 1 saturated heterocycles. The minimum absolute atomic E-state index is 0.00941. The van der Waals surface area contributed by atoms with Gasteiger partial charge in [0, 0.05) is 30.7 Å². The van der Waals surface area contributed by atoms with Crippen molar-refractivity contribution >= 4 is 23.2 Å². The minimum atomic E-state index is -0.00941. The quantitative estimate of drug-likeness (QED) is 0.872. The summed E-state index contributed by atoms with van der Waals surface area (Å²) in [5, 5.41) is 12.7. The number of halogens is 1. The summed E-state index contributed by atoms with van der Waals surface area (Å²) in [5.74, 6) is 1.56. The molecule has 2 N–H and O–H groups in total. The molecule has 0 spiro atoms. The molecule has 0 unspecified atom stereocenters. The van der Waals surface area contributed by atoms with E-state index in [9.17, 15) is 0 Å². The molecule has 6 nitrogen and oxygen atoms in total. The van der Waals surface area contributed by atoms with Gasteiger partial charge in [-0.1, -0.05) is 23.7 Å². The Hall–Kier alpha value is -1.89. The van der Waals surface area contributed by atoms with Gasteiger partial charge >= 0.3 is 0 Å². The topological polar surface area (TPSA) is 70.5 Å². The third-order valence-corrected chi connectivity index (χ3v) is 3.95. The maximum Gasteiger partial charge on any atom is 0.134 e. The van der Waals surface area contributed by atoms with E-state index in [1.807, 2.05) is 30.3 Å². The third-order valence-electron chi connectivity index (χ3n) is 3.70. The van der Waals surface area contributed by atoms with Crippen LogP contribution in [-0.2, 0) is 4.74 Å². The fourth-order valence-electron chi connectivity index (χ4n) is 2.54. The number of aliphatic hydroxyl groups is 1. The number of nitrogens with zero attached hydrogens (tertiary/aromatic N) is 3. The Balaban J connectivity index is 1.72. The van der Waals surface area contributed by atoms with Gasteiger partial charge in [0.15, 0.2) is 0 Å². The van der Waals surface area contributed by atoms with Crippen molar-refractivity contribution in [3.05, 3.63) is 47.2 Å². The number of nitrogens with one attached hydrogen (secondary N) is 1. The van der Waals surface area contributed by atoms with Crippen LogP contribution >= 0.6 is 11.6 Å². The van der Waals surface area contributed by atoms with E-state index < -0.39 is 0 Å². The highest BCUT2D eigenvalue weighted by atomic mass is 35.5.